The van der Waals surface area contributed by atoms with Crippen LogP contribution in [0.15, 0.2) is 36.4 Å². The monoisotopic (exact) mass is 321 g/mol. The van der Waals surface area contributed by atoms with Crippen molar-refractivity contribution >= 4 is 23.5 Å². The minimum absolute atomic E-state index is 0.197. The average molecular weight is 322 g/mol. The summed E-state index contributed by atoms with van der Waals surface area (Å²) in [5.74, 6) is -0.197. The third-order valence-electron chi connectivity index (χ3n) is 3.42. The third-order valence-corrected chi connectivity index (χ3v) is 3.75. The van der Waals surface area contributed by atoms with Gasteiger partial charge < -0.3 is 10.1 Å². The molecule has 1 atom stereocenters. The second-order valence-electron chi connectivity index (χ2n) is 6.32. The number of ether oxygens (including phenoxy) is 1. The van der Waals surface area contributed by atoms with Crippen molar-refractivity contribution in [2.45, 2.75) is 44.8 Å². The van der Waals surface area contributed by atoms with Gasteiger partial charge in [-0.05, 0) is 45.8 Å². The van der Waals surface area contributed by atoms with E-state index in [0.29, 0.717) is 23.4 Å². The molecule has 0 aromatic heterocycles. The van der Waals surface area contributed by atoms with Gasteiger partial charge in [0.25, 0.3) is 0 Å². The lowest BCUT2D eigenvalue weighted by molar-refractivity contribution is -0.121. The Hall–Kier alpha value is -1.81. The van der Waals surface area contributed by atoms with Gasteiger partial charge in [-0.15, -0.1) is 0 Å². The summed E-state index contributed by atoms with van der Waals surface area (Å²) in [6, 6.07) is 7.05. The highest BCUT2D eigenvalue weighted by atomic mass is 35.5. The molecule has 118 valence electrons. The molecule has 0 unspecified atom stereocenters. The van der Waals surface area contributed by atoms with E-state index < -0.39 is 17.2 Å². The van der Waals surface area contributed by atoms with Crippen LogP contribution in [0.25, 0.3) is 0 Å². The van der Waals surface area contributed by atoms with Gasteiger partial charge in [-0.1, -0.05) is 35.9 Å². The summed E-state index contributed by atoms with van der Waals surface area (Å²) in [6.07, 6.45) is 3.78. The maximum absolute atomic E-state index is 12.6. The topological polar surface area (TPSA) is 55.4 Å². The van der Waals surface area contributed by atoms with E-state index in [4.69, 9.17) is 16.3 Å². The van der Waals surface area contributed by atoms with Gasteiger partial charge in [0.1, 0.15) is 11.1 Å². The molecule has 0 fully saturated rings. The van der Waals surface area contributed by atoms with Crippen LogP contribution in [0.1, 0.15) is 39.2 Å². The third kappa shape index (κ3) is 3.50. The molecule has 1 aliphatic rings. The number of hydrogen-bond donors (Lipinski definition) is 1. The minimum atomic E-state index is -1.17. The van der Waals surface area contributed by atoms with Crippen molar-refractivity contribution in [1.29, 1.82) is 0 Å². The smallest absolute Gasteiger partial charge is 0.408 e. The first-order chi connectivity index (χ1) is 10.2. The summed E-state index contributed by atoms with van der Waals surface area (Å²) in [5, 5.41) is 3.20. The van der Waals surface area contributed by atoms with Gasteiger partial charge in [-0.25, -0.2) is 4.79 Å². The van der Waals surface area contributed by atoms with Crippen molar-refractivity contribution in [2.24, 2.45) is 0 Å². The summed E-state index contributed by atoms with van der Waals surface area (Å²) >= 11 is 6.26. The van der Waals surface area contributed by atoms with Crippen molar-refractivity contribution < 1.29 is 14.3 Å². The maximum Gasteiger partial charge on any atom is 0.408 e. The van der Waals surface area contributed by atoms with Gasteiger partial charge in [-0.3, -0.25) is 4.79 Å². The highest BCUT2D eigenvalue weighted by Crippen LogP contribution is 2.36. The molecule has 5 heteroatoms. The number of hydrogen-bond acceptors (Lipinski definition) is 3. The van der Waals surface area contributed by atoms with Gasteiger partial charge in [0.15, 0.2) is 5.78 Å². The number of carbonyl (C=O) groups is 2. The normalized spacial score (nSPS) is 21.5. The molecule has 22 heavy (non-hydrogen) atoms. The number of alkyl carbamates (subject to hydrolysis) is 1. The number of carbonyl (C=O) groups excluding carboxylic acids is 2. The summed E-state index contributed by atoms with van der Waals surface area (Å²) < 4.78 is 5.31. The molecular formula is C17H20ClNO3. The van der Waals surface area contributed by atoms with Gasteiger partial charge >= 0.3 is 6.09 Å². The number of benzene rings is 1. The summed E-state index contributed by atoms with van der Waals surface area (Å²) in [7, 11) is 0. The molecule has 1 amide bonds. The highest BCUT2D eigenvalue weighted by molar-refractivity contribution is 6.32. The van der Waals surface area contributed by atoms with Crippen LogP contribution in [0.5, 0.6) is 0 Å². The molecule has 0 saturated heterocycles. The Labute approximate surface area is 135 Å². The Balaban J connectivity index is 2.40. The Morgan fingerprint density at radius 3 is 2.59 bits per heavy atom. The summed E-state index contributed by atoms with van der Waals surface area (Å²) in [6.45, 7) is 5.33. The van der Waals surface area contributed by atoms with Crippen LogP contribution in [-0.2, 0) is 15.1 Å². The second-order valence-corrected chi connectivity index (χ2v) is 6.72. The Morgan fingerprint density at radius 1 is 1.32 bits per heavy atom. The zero-order valence-electron chi connectivity index (χ0n) is 13.0. The molecule has 1 aromatic carbocycles. The quantitative estimate of drug-likeness (QED) is 0.896. The van der Waals surface area contributed by atoms with Crippen LogP contribution in [0.3, 0.4) is 0 Å². The highest BCUT2D eigenvalue weighted by Gasteiger charge is 2.43. The van der Waals surface area contributed by atoms with Crippen molar-refractivity contribution in [1.82, 2.24) is 5.32 Å². The molecule has 0 saturated carbocycles. The van der Waals surface area contributed by atoms with Gasteiger partial charge in [0.05, 0.1) is 0 Å². The van der Waals surface area contributed by atoms with Crippen molar-refractivity contribution in [3.8, 4) is 0 Å². The van der Waals surface area contributed by atoms with E-state index in [-0.39, 0.29) is 5.78 Å². The Bertz CT molecular complexity index is 619. The fourth-order valence-electron chi connectivity index (χ4n) is 2.50. The zero-order valence-corrected chi connectivity index (χ0v) is 13.7. The zero-order chi connectivity index (χ0) is 16.4. The van der Waals surface area contributed by atoms with E-state index in [1.165, 1.54) is 6.08 Å². The lowest BCUT2D eigenvalue weighted by atomic mass is 9.78. The van der Waals surface area contributed by atoms with E-state index in [2.05, 4.69) is 5.32 Å². The van der Waals surface area contributed by atoms with E-state index in [1.54, 1.807) is 51.1 Å². The predicted molar refractivity (Wildman–Crippen MR) is 85.9 cm³/mol. The van der Waals surface area contributed by atoms with Crippen molar-refractivity contribution in [2.75, 3.05) is 0 Å². The van der Waals surface area contributed by atoms with Crippen LogP contribution in [0.2, 0.25) is 5.02 Å². The fourth-order valence-corrected chi connectivity index (χ4v) is 2.80. The van der Waals surface area contributed by atoms with Gasteiger partial charge in [0.2, 0.25) is 0 Å². The molecule has 0 heterocycles. The van der Waals surface area contributed by atoms with Crippen LogP contribution in [0.4, 0.5) is 4.79 Å². The largest absolute Gasteiger partial charge is 0.444 e. The molecule has 2 rings (SSSR count). The van der Waals surface area contributed by atoms with E-state index in [0.717, 1.165) is 0 Å². The lowest BCUT2D eigenvalue weighted by Crippen LogP contribution is -2.53. The Morgan fingerprint density at radius 2 is 2.00 bits per heavy atom. The molecule has 0 spiro atoms. The summed E-state index contributed by atoms with van der Waals surface area (Å²) in [4.78, 5) is 24.8. The molecule has 1 aliphatic carbocycles. The van der Waals surface area contributed by atoms with Crippen molar-refractivity contribution in [3.63, 3.8) is 0 Å². The molecule has 0 aliphatic heterocycles. The summed E-state index contributed by atoms with van der Waals surface area (Å²) in [5.41, 5.74) is -1.22. The first-order valence-electron chi connectivity index (χ1n) is 7.22. The van der Waals surface area contributed by atoms with Crippen LogP contribution in [0, 0.1) is 0 Å². The fraction of sp³-hybridized carbons (Fsp3) is 0.412. The predicted octanol–water partition coefficient (Wildman–Crippen LogP) is 3.98. The number of halogens is 1. The standard InChI is InChI=1S/C17H20ClNO3/c1-16(2,3)22-15(21)19-17(11-7-6-10-14(17)20)12-8-4-5-9-13(12)18/h4-6,8-10H,7,11H2,1-3H3,(H,19,21)/t17-/m1/s1. The Kier molecular flexibility index (Phi) is 4.61. The van der Waals surface area contributed by atoms with Gasteiger partial charge in [0, 0.05) is 10.6 Å². The molecular weight excluding hydrogens is 302 g/mol. The maximum atomic E-state index is 12.6. The van der Waals surface area contributed by atoms with Crippen LogP contribution < -0.4 is 5.32 Å². The lowest BCUT2D eigenvalue weighted by Gasteiger charge is -2.36. The van der Waals surface area contributed by atoms with Crippen molar-refractivity contribution in [3.05, 3.63) is 47.0 Å². The molecule has 4 nitrogen and oxygen atoms in total. The number of allylic oxidation sites excluding steroid dienone is 1. The molecule has 1 N–H and O–H groups in total. The van der Waals surface area contributed by atoms with Crippen LogP contribution >= 0.6 is 11.6 Å². The molecule has 0 bridgehead atoms. The first kappa shape index (κ1) is 16.6. The second kappa shape index (κ2) is 6.13. The number of rotatable bonds is 2. The SMILES string of the molecule is CC(C)(C)OC(=O)N[C@@]1(c2ccccc2Cl)CCC=CC1=O. The minimum Gasteiger partial charge on any atom is -0.444 e. The first-order valence-corrected chi connectivity index (χ1v) is 7.59. The number of amides is 1. The van der Waals surface area contributed by atoms with Crippen LogP contribution in [-0.4, -0.2) is 17.5 Å². The van der Waals surface area contributed by atoms with E-state index >= 15 is 0 Å². The average Bonchev–Trinajstić information content (AvgIpc) is 2.40. The molecule has 1 aromatic rings. The van der Waals surface area contributed by atoms with E-state index in [1.807, 2.05) is 0 Å². The van der Waals surface area contributed by atoms with Gasteiger partial charge in [-0.2, -0.15) is 0 Å². The van der Waals surface area contributed by atoms with E-state index in [9.17, 15) is 9.59 Å². The number of nitrogens with one attached hydrogen (secondary N) is 1. The molecule has 0 radical (unpaired) electrons. The number of ketones is 1.